The van der Waals surface area contributed by atoms with Gasteiger partial charge in [0.25, 0.3) is 5.56 Å². The molecule has 2 heterocycles. The molecular formula is C26H24N4O5. The third-order valence-corrected chi connectivity index (χ3v) is 5.06. The Labute approximate surface area is 201 Å². The quantitative estimate of drug-likeness (QED) is 0.386. The lowest BCUT2D eigenvalue weighted by atomic mass is 10.2. The largest absolute Gasteiger partial charge is 0.485 e. The summed E-state index contributed by atoms with van der Waals surface area (Å²) in [5.74, 6) is -0.131. The molecule has 35 heavy (non-hydrogen) atoms. The van der Waals surface area contributed by atoms with Gasteiger partial charge in [-0.1, -0.05) is 24.3 Å². The average Bonchev–Trinajstić information content (AvgIpc) is 2.83. The molecule has 2 N–H and O–H groups in total. The van der Waals surface area contributed by atoms with Crippen molar-refractivity contribution in [3.05, 3.63) is 100 Å². The Morgan fingerprint density at radius 1 is 0.971 bits per heavy atom. The van der Waals surface area contributed by atoms with Gasteiger partial charge >= 0.3 is 12.0 Å². The second-order valence-corrected chi connectivity index (χ2v) is 7.65. The first-order valence-electron chi connectivity index (χ1n) is 11.0. The fourth-order valence-corrected chi connectivity index (χ4v) is 3.43. The summed E-state index contributed by atoms with van der Waals surface area (Å²) in [5.41, 5.74) is 2.74. The average molecular weight is 473 g/mol. The number of amides is 2. The van der Waals surface area contributed by atoms with Crippen LogP contribution in [-0.2, 0) is 11.3 Å². The van der Waals surface area contributed by atoms with E-state index < -0.39 is 12.0 Å². The highest BCUT2D eigenvalue weighted by molar-refractivity contribution is 6.05. The number of nitrogens with one attached hydrogen (secondary N) is 2. The number of para-hydroxylation sites is 3. The normalized spacial score (nSPS) is 10.6. The smallest absolute Gasteiger partial charge is 0.340 e. The zero-order valence-corrected chi connectivity index (χ0v) is 19.3. The summed E-state index contributed by atoms with van der Waals surface area (Å²) in [5, 5.41) is 5.40. The zero-order chi connectivity index (χ0) is 24.8. The molecule has 2 aromatic carbocycles. The van der Waals surface area contributed by atoms with E-state index in [9.17, 15) is 14.4 Å². The Morgan fingerprint density at radius 2 is 1.69 bits per heavy atom. The molecule has 9 nitrogen and oxygen atoms in total. The van der Waals surface area contributed by atoms with Crippen LogP contribution in [-0.4, -0.2) is 28.0 Å². The Morgan fingerprint density at radius 3 is 2.49 bits per heavy atom. The van der Waals surface area contributed by atoms with Crippen molar-refractivity contribution in [1.29, 1.82) is 0 Å². The van der Waals surface area contributed by atoms with Crippen LogP contribution in [0.3, 0.4) is 0 Å². The summed E-state index contributed by atoms with van der Waals surface area (Å²) < 4.78 is 12.4. The number of pyridine rings is 1. The minimum Gasteiger partial charge on any atom is -0.485 e. The fourth-order valence-electron chi connectivity index (χ4n) is 3.43. The van der Waals surface area contributed by atoms with Crippen molar-refractivity contribution in [2.75, 3.05) is 17.2 Å². The van der Waals surface area contributed by atoms with Gasteiger partial charge in [0.05, 0.1) is 29.2 Å². The standard InChI is InChI=1S/C26H24N4O5/c1-3-34-25(32)19-8-4-5-9-20(19)28-26(33)29-21-10-6-7-11-22(21)35-16-18-15-24(31)30-13-12-17(2)14-23(30)27-18/h4-15H,3,16H2,1-2H3,(H2,28,29,33). The number of fused-ring (bicyclic) bond motifs is 1. The van der Waals surface area contributed by atoms with E-state index in [1.54, 1.807) is 61.7 Å². The molecular weight excluding hydrogens is 448 g/mol. The van der Waals surface area contributed by atoms with Gasteiger partial charge in [0.2, 0.25) is 0 Å². The van der Waals surface area contributed by atoms with Crippen LogP contribution in [0.25, 0.3) is 5.65 Å². The van der Waals surface area contributed by atoms with E-state index in [-0.39, 0.29) is 24.3 Å². The molecule has 178 valence electrons. The number of hydrogen-bond acceptors (Lipinski definition) is 6. The first-order chi connectivity index (χ1) is 16.9. The summed E-state index contributed by atoms with van der Waals surface area (Å²) in [6.45, 7) is 3.89. The molecule has 0 aliphatic carbocycles. The molecule has 0 radical (unpaired) electrons. The maximum absolute atomic E-state index is 12.7. The summed E-state index contributed by atoms with van der Waals surface area (Å²) in [6.07, 6.45) is 1.68. The number of aryl methyl sites for hydroxylation is 1. The highest BCUT2D eigenvalue weighted by atomic mass is 16.5. The van der Waals surface area contributed by atoms with Crippen LogP contribution in [0, 0.1) is 6.92 Å². The lowest BCUT2D eigenvalue weighted by molar-refractivity contribution is 0.0527. The maximum atomic E-state index is 12.7. The molecule has 0 saturated carbocycles. The topological polar surface area (TPSA) is 111 Å². The number of nitrogens with zero attached hydrogens (tertiary/aromatic N) is 2. The molecule has 0 unspecified atom stereocenters. The number of rotatable bonds is 7. The maximum Gasteiger partial charge on any atom is 0.340 e. The van der Waals surface area contributed by atoms with Gasteiger partial charge in [0.15, 0.2) is 0 Å². The number of aromatic nitrogens is 2. The predicted octanol–water partition coefficient (Wildman–Crippen LogP) is 4.40. The third-order valence-electron chi connectivity index (χ3n) is 5.06. The summed E-state index contributed by atoms with van der Waals surface area (Å²) in [7, 11) is 0. The predicted molar refractivity (Wildman–Crippen MR) is 132 cm³/mol. The second-order valence-electron chi connectivity index (χ2n) is 7.65. The molecule has 0 saturated heterocycles. The number of carbonyl (C=O) groups is 2. The molecule has 0 aliphatic rings. The van der Waals surface area contributed by atoms with Crippen LogP contribution < -0.4 is 20.9 Å². The second kappa shape index (κ2) is 10.5. The molecule has 0 aliphatic heterocycles. The van der Waals surface area contributed by atoms with Crippen LogP contribution in [0.4, 0.5) is 16.2 Å². The van der Waals surface area contributed by atoms with Gasteiger partial charge in [-0.15, -0.1) is 0 Å². The van der Waals surface area contributed by atoms with Gasteiger partial charge in [0.1, 0.15) is 18.0 Å². The zero-order valence-electron chi connectivity index (χ0n) is 19.3. The Hall–Kier alpha value is -4.66. The van der Waals surface area contributed by atoms with E-state index in [0.29, 0.717) is 28.5 Å². The number of hydrogen-bond donors (Lipinski definition) is 2. The van der Waals surface area contributed by atoms with Gasteiger partial charge in [-0.3, -0.25) is 9.20 Å². The molecule has 0 bridgehead atoms. The minimum atomic E-state index is -0.560. The van der Waals surface area contributed by atoms with Crippen LogP contribution in [0.2, 0.25) is 0 Å². The van der Waals surface area contributed by atoms with Gasteiger partial charge in [-0.25, -0.2) is 14.6 Å². The van der Waals surface area contributed by atoms with E-state index in [1.165, 1.54) is 10.5 Å². The summed E-state index contributed by atoms with van der Waals surface area (Å²) in [4.78, 5) is 41.7. The van der Waals surface area contributed by atoms with E-state index >= 15 is 0 Å². The monoisotopic (exact) mass is 472 g/mol. The van der Waals surface area contributed by atoms with Gasteiger partial charge in [-0.2, -0.15) is 0 Å². The number of anilines is 2. The lowest BCUT2D eigenvalue weighted by Crippen LogP contribution is -2.22. The summed E-state index contributed by atoms with van der Waals surface area (Å²) >= 11 is 0. The molecule has 2 amide bonds. The van der Waals surface area contributed by atoms with E-state index in [1.807, 2.05) is 19.1 Å². The Kier molecular flexibility index (Phi) is 7.06. The van der Waals surface area contributed by atoms with E-state index in [0.717, 1.165) is 5.56 Å². The first-order valence-corrected chi connectivity index (χ1v) is 11.0. The fraction of sp³-hybridized carbons (Fsp3) is 0.154. The van der Waals surface area contributed by atoms with Gasteiger partial charge in [-0.05, 0) is 55.8 Å². The Balaban J connectivity index is 1.48. The first kappa shape index (κ1) is 23.5. The van der Waals surface area contributed by atoms with Crippen LogP contribution in [0.5, 0.6) is 5.75 Å². The van der Waals surface area contributed by atoms with Crippen molar-refractivity contribution in [2.45, 2.75) is 20.5 Å². The molecule has 4 aromatic rings. The lowest BCUT2D eigenvalue weighted by Gasteiger charge is -2.14. The van der Waals surface area contributed by atoms with Crippen molar-refractivity contribution < 1.29 is 19.1 Å². The third kappa shape index (κ3) is 5.64. The van der Waals surface area contributed by atoms with Crippen molar-refractivity contribution in [3.63, 3.8) is 0 Å². The number of urea groups is 1. The van der Waals surface area contributed by atoms with Gasteiger partial charge < -0.3 is 20.1 Å². The highest BCUT2D eigenvalue weighted by Crippen LogP contribution is 2.25. The molecule has 4 rings (SSSR count). The SMILES string of the molecule is CCOC(=O)c1ccccc1NC(=O)Nc1ccccc1OCc1cc(=O)n2ccc(C)cc2n1. The number of esters is 1. The van der Waals surface area contributed by atoms with Crippen LogP contribution in [0.1, 0.15) is 28.5 Å². The van der Waals surface area contributed by atoms with Crippen molar-refractivity contribution in [3.8, 4) is 5.75 Å². The molecule has 9 heteroatoms. The number of benzene rings is 2. The van der Waals surface area contributed by atoms with E-state index in [2.05, 4.69) is 15.6 Å². The van der Waals surface area contributed by atoms with Crippen molar-refractivity contribution in [2.24, 2.45) is 0 Å². The van der Waals surface area contributed by atoms with Crippen LogP contribution in [0.15, 0.2) is 77.7 Å². The molecule has 2 aromatic heterocycles. The Bertz CT molecular complexity index is 1450. The van der Waals surface area contributed by atoms with Gasteiger partial charge in [0, 0.05) is 12.3 Å². The highest BCUT2D eigenvalue weighted by Gasteiger charge is 2.15. The van der Waals surface area contributed by atoms with E-state index in [4.69, 9.17) is 9.47 Å². The molecule has 0 fully saturated rings. The minimum absolute atomic E-state index is 0.0334. The number of ether oxygens (including phenoxy) is 2. The number of carbonyl (C=O) groups excluding carboxylic acids is 2. The van der Waals surface area contributed by atoms with Crippen molar-refractivity contribution >= 4 is 29.0 Å². The molecule has 0 atom stereocenters. The van der Waals surface area contributed by atoms with Crippen molar-refractivity contribution in [1.82, 2.24) is 9.38 Å². The molecule has 0 spiro atoms. The van der Waals surface area contributed by atoms with Crippen LogP contribution >= 0.6 is 0 Å². The summed E-state index contributed by atoms with van der Waals surface area (Å²) in [6, 6.07) is 18.0.